The highest BCUT2D eigenvalue weighted by Crippen LogP contribution is 2.18. The maximum absolute atomic E-state index is 12.1. The van der Waals surface area contributed by atoms with E-state index in [1.54, 1.807) is 4.68 Å². The van der Waals surface area contributed by atoms with Crippen molar-refractivity contribution in [1.82, 2.24) is 15.1 Å². The van der Waals surface area contributed by atoms with Crippen LogP contribution in [0.2, 0.25) is 5.02 Å². The Morgan fingerprint density at radius 2 is 1.95 bits per heavy atom. The molecule has 5 nitrogen and oxygen atoms in total. The average Bonchev–Trinajstić information content (AvgIpc) is 2.72. The summed E-state index contributed by atoms with van der Waals surface area (Å²) < 4.78 is 1.76. The number of rotatable bonds is 5. The number of aromatic nitrogens is 2. The fourth-order valence-corrected chi connectivity index (χ4v) is 2.38. The van der Waals surface area contributed by atoms with Crippen LogP contribution in [0.5, 0.6) is 0 Å². The van der Waals surface area contributed by atoms with E-state index in [4.69, 9.17) is 11.6 Å². The summed E-state index contributed by atoms with van der Waals surface area (Å²) in [6.45, 7) is 6.06. The number of benzene rings is 1. The molecule has 0 spiro atoms. The van der Waals surface area contributed by atoms with E-state index in [1.165, 1.54) is 0 Å². The summed E-state index contributed by atoms with van der Waals surface area (Å²) in [5.41, 5.74) is 3.63. The lowest BCUT2D eigenvalue weighted by Crippen LogP contribution is -2.30. The molecule has 0 aliphatic carbocycles. The van der Waals surface area contributed by atoms with Crippen LogP contribution in [0.25, 0.3) is 0 Å². The molecule has 118 valence electrons. The van der Waals surface area contributed by atoms with Crippen LogP contribution in [-0.2, 0) is 11.8 Å². The first-order valence-electron chi connectivity index (χ1n) is 7.17. The van der Waals surface area contributed by atoms with Gasteiger partial charge in [-0.3, -0.25) is 9.48 Å². The molecule has 2 rings (SSSR count). The first-order valence-corrected chi connectivity index (χ1v) is 7.55. The summed E-state index contributed by atoms with van der Waals surface area (Å²) in [5.74, 6) is -0.0833. The molecule has 22 heavy (non-hydrogen) atoms. The second-order valence-corrected chi connectivity index (χ2v) is 5.81. The quantitative estimate of drug-likeness (QED) is 0.890. The topological polar surface area (TPSA) is 59.0 Å². The maximum Gasteiger partial charge on any atom is 0.238 e. The fraction of sp³-hybridized carbons (Fsp3) is 0.375. The summed E-state index contributed by atoms with van der Waals surface area (Å²) >= 11 is 5.87. The molecule has 0 aliphatic rings. The van der Waals surface area contributed by atoms with Gasteiger partial charge in [-0.15, -0.1) is 0 Å². The molecule has 2 aromatic rings. The Morgan fingerprint density at radius 1 is 1.32 bits per heavy atom. The Kier molecular flexibility index (Phi) is 5.21. The van der Waals surface area contributed by atoms with E-state index < -0.39 is 0 Å². The summed E-state index contributed by atoms with van der Waals surface area (Å²) in [4.78, 5) is 12.1. The highest BCUT2D eigenvalue weighted by Gasteiger charge is 2.13. The minimum absolute atomic E-state index is 0.0686. The van der Waals surface area contributed by atoms with Crippen molar-refractivity contribution in [2.45, 2.75) is 26.8 Å². The third kappa shape index (κ3) is 3.87. The molecule has 0 saturated carbocycles. The summed E-state index contributed by atoms with van der Waals surface area (Å²) in [7, 11) is 1.86. The monoisotopic (exact) mass is 320 g/mol. The van der Waals surface area contributed by atoms with E-state index in [0.29, 0.717) is 5.02 Å². The first kappa shape index (κ1) is 16.5. The van der Waals surface area contributed by atoms with Gasteiger partial charge in [-0.05, 0) is 38.5 Å². The Morgan fingerprint density at radius 3 is 2.50 bits per heavy atom. The zero-order chi connectivity index (χ0) is 16.3. The largest absolute Gasteiger partial charge is 0.322 e. The molecule has 6 heteroatoms. The molecule has 1 amide bonds. The summed E-state index contributed by atoms with van der Waals surface area (Å²) in [6.07, 6.45) is 0. The number of carbonyl (C=O) groups is 1. The Labute approximate surface area is 135 Å². The molecule has 1 atom stereocenters. The predicted molar refractivity (Wildman–Crippen MR) is 89.2 cm³/mol. The molecule has 0 aliphatic heterocycles. The molecule has 1 aromatic heterocycles. The average molecular weight is 321 g/mol. The van der Waals surface area contributed by atoms with Gasteiger partial charge in [-0.2, -0.15) is 5.10 Å². The third-order valence-electron chi connectivity index (χ3n) is 3.71. The van der Waals surface area contributed by atoms with Crippen LogP contribution < -0.4 is 10.6 Å². The van der Waals surface area contributed by atoms with Gasteiger partial charge in [0.2, 0.25) is 5.91 Å². The molecule has 1 unspecified atom stereocenters. The van der Waals surface area contributed by atoms with Gasteiger partial charge >= 0.3 is 0 Å². The third-order valence-corrected chi connectivity index (χ3v) is 3.96. The fourth-order valence-electron chi connectivity index (χ4n) is 2.25. The van der Waals surface area contributed by atoms with Crippen LogP contribution in [0, 0.1) is 13.8 Å². The van der Waals surface area contributed by atoms with Gasteiger partial charge in [0.1, 0.15) is 0 Å². The SMILES string of the molecule is Cc1nn(C)c(C)c1NC(=O)CNC(C)c1ccc(Cl)cc1. The zero-order valence-corrected chi connectivity index (χ0v) is 14.0. The molecular weight excluding hydrogens is 300 g/mol. The van der Waals surface area contributed by atoms with E-state index in [2.05, 4.69) is 15.7 Å². The smallest absolute Gasteiger partial charge is 0.238 e. The molecule has 2 N–H and O–H groups in total. The van der Waals surface area contributed by atoms with Gasteiger partial charge in [0.15, 0.2) is 0 Å². The second-order valence-electron chi connectivity index (χ2n) is 5.37. The minimum atomic E-state index is -0.0833. The van der Waals surface area contributed by atoms with Crippen LogP contribution in [0.3, 0.4) is 0 Å². The van der Waals surface area contributed by atoms with E-state index in [9.17, 15) is 4.79 Å². The van der Waals surface area contributed by atoms with Crippen LogP contribution in [0.15, 0.2) is 24.3 Å². The van der Waals surface area contributed by atoms with Gasteiger partial charge < -0.3 is 10.6 Å². The summed E-state index contributed by atoms with van der Waals surface area (Å²) in [5, 5.41) is 11.1. The molecule has 0 bridgehead atoms. The maximum atomic E-state index is 12.1. The van der Waals surface area contributed by atoms with Crippen molar-refractivity contribution < 1.29 is 4.79 Å². The van der Waals surface area contributed by atoms with Crippen molar-refractivity contribution in [3.63, 3.8) is 0 Å². The van der Waals surface area contributed by atoms with E-state index in [-0.39, 0.29) is 18.5 Å². The molecule has 0 fully saturated rings. The number of hydrogen-bond donors (Lipinski definition) is 2. The zero-order valence-electron chi connectivity index (χ0n) is 13.3. The molecule has 1 aromatic carbocycles. The van der Waals surface area contributed by atoms with Gasteiger partial charge in [-0.1, -0.05) is 23.7 Å². The Balaban J connectivity index is 1.91. The lowest BCUT2D eigenvalue weighted by Gasteiger charge is -2.14. The van der Waals surface area contributed by atoms with Crippen LogP contribution in [-0.4, -0.2) is 22.2 Å². The number of nitrogens with one attached hydrogen (secondary N) is 2. The number of nitrogens with zero attached hydrogens (tertiary/aromatic N) is 2. The highest BCUT2D eigenvalue weighted by atomic mass is 35.5. The van der Waals surface area contributed by atoms with Crippen molar-refractivity contribution in [2.75, 3.05) is 11.9 Å². The minimum Gasteiger partial charge on any atom is -0.322 e. The molecule has 1 heterocycles. The lowest BCUT2D eigenvalue weighted by molar-refractivity contribution is -0.115. The standard InChI is InChI=1S/C16H21ClN4O/c1-10(13-5-7-14(17)8-6-13)18-9-15(22)19-16-11(2)20-21(4)12(16)3/h5-8,10,18H,9H2,1-4H3,(H,19,22). The normalized spacial score (nSPS) is 12.2. The van der Waals surface area contributed by atoms with Crippen LogP contribution in [0.4, 0.5) is 5.69 Å². The number of aryl methyl sites for hydroxylation is 2. The molecular formula is C16H21ClN4O. The summed E-state index contributed by atoms with van der Waals surface area (Å²) in [6, 6.07) is 7.66. The number of hydrogen-bond acceptors (Lipinski definition) is 3. The van der Waals surface area contributed by atoms with Gasteiger partial charge in [0, 0.05) is 18.1 Å². The Bertz CT molecular complexity index is 664. The van der Waals surface area contributed by atoms with Crippen molar-refractivity contribution in [1.29, 1.82) is 0 Å². The molecule has 0 saturated heterocycles. The van der Waals surface area contributed by atoms with Crippen molar-refractivity contribution >= 4 is 23.2 Å². The van der Waals surface area contributed by atoms with Crippen LogP contribution in [0.1, 0.15) is 29.9 Å². The van der Waals surface area contributed by atoms with E-state index >= 15 is 0 Å². The van der Waals surface area contributed by atoms with Crippen molar-refractivity contribution in [3.8, 4) is 0 Å². The first-order chi connectivity index (χ1) is 10.4. The van der Waals surface area contributed by atoms with Crippen molar-refractivity contribution in [3.05, 3.63) is 46.2 Å². The molecule has 0 radical (unpaired) electrons. The highest BCUT2D eigenvalue weighted by molar-refractivity contribution is 6.30. The van der Waals surface area contributed by atoms with Gasteiger partial charge in [-0.25, -0.2) is 0 Å². The number of anilines is 1. The lowest BCUT2D eigenvalue weighted by atomic mass is 10.1. The second kappa shape index (κ2) is 6.94. The van der Waals surface area contributed by atoms with E-state index in [0.717, 1.165) is 22.6 Å². The van der Waals surface area contributed by atoms with Crippen molar-refractivity contribution in [2.24, 2.45) is 7.05 Å². The van der Waals surface area contributed by atoms with E-state index in [1.807, 2.05) is 52.1 Å². The van der Waals surface area contributed by atoms with Gasteiger partial charge in [0.25, 0.3) is 0 Å². The number of carbonyl (C=O) groups excluding carboxylic acids is 1. The predicted octanol–water partition coefficient (Wildman–Crippen LogP) is 2.98. The van der Waals surface area contributed by atoms with Gasteiger partial charge in [0.05, 0.1) is 23.6 Å². The number of halogens is 1. The van der Waals surface area contributed by atoms with Crippen LogP contribution >= 0.6 is 11.6 Å². The Hall–Kier alpha value is -1.85. The number of amides is 1.